The van der Waals surface area contributed by atoms with Gasteiger partial charge in [0.25, 0.3) is 0 Å². The van der Waals surface area contributed by atoms with Crippen molar-refractivity contribution in [3.8, 4) is 0 Å². The van der Waals surface area contributed by atoms with E-state index in [-0.39, 0.29) is 5.91 Å². The lowest BCUT2D eigenvalue weighted by atomic mass is 10.1. The first-order chi connectivity index (χ1) is 7.24. The number of methoxy groups -OCH3 is 1. The smallest absolute Gasteiger partial charge is 0.237 e. The van der Waals surface area contributed by atoms with Crippen LogP contribution in [0.1, 0.15) is 12.8 Å². The Hall–Kier alpha value is -0.260. The second-order valence-electron chi connectivity index (χ2n) is 3.86. The fourth-order valence-corrected chi connectivity index (χ4v) is 2.78. The number of hydrogen-bond acceptors (Lipinski definition) is 4. The van der Waals surface area contributed by atoms with Gasteiger partial charge in [0, 0.05) is 20.3 Å². The van der Waals surface area contributed by atoms with Gasteiger partial charge < -0.3 is 15.8 Å². The van der Waals surface area contributed by atoms with Crippen molar-refractivity contribution in [2.45, 2.75) is 18.9 Å². The van der Waals surface area contributed by atoms with Crippen LogP contribution in [-0.2, 0) is 9.53 Å². The molecule has 1 saturated heterocycles. The van der Waals surface area contributed by atoms with E-state index in [1.807, 2.05) is 11.8 Å². The highest BCUT2D eigenvalue weighted by atomic mass is 32.2. The van der Waals surface area contributed by atoms with E-state index in [9.17, 15) is 4.79 Å². The SMILES string of the molecule is COCCC(N)C(=O)NCC1CCSC1. The summed E-state index contributed by atoms with van der Waals surface area (Å²) >= 11 is 1.95. The molecule has 0 aromatic carbocycles. The summed E-state index contributed by atoms with van der Waals surface area (Å²) in [6.45, 7) is 1.31. The summed E-state index contributed by atoms with van der Waals surface area (Å²) in [6, 6.07) is -0.431. The largest absolute Gasteiger partial charge is 0.385 e. The molecule has 15 heavy (non-hydrogen) atoms. The Morgan fingerprint density at radius 2 is 2.53 bits per heavy atom. The maximum absolute atomic E-state index is 11.5. The lowest BCUT2D eigenvalue weighted by Gasteiger charge is -2.14. The number of rotatable bonds is 6. The van der Waals surface area contributed by atoms with Gasteiger partial charge in [-0.15, -0.1) is 0 Å². The molecule has 0 aromatic heterocycles. The maximum atomic E-state index is 11.5. The van der Waals surface area contributed by atoms with Gasteiger partial charge in [0.05, 0.1) is 6.04 Å². The quantitative estimate of drug-likeness (QED) is 0.687. The Balaban J connectivity index is 2.11. The highest BCUT2D eigenvalue weighted by Crippen LogP contribution is 2.22. The molecule has 0 aliphatic carbocycles. The van der Waals surface area contributed by atoms with Crippen molar-refractivity contribution in [2.75, 3.05) is 31.8 Å². The summed E-state index contributed by atoms with van der Waals surface area (Å²) < 4.78 is 4.88. The maximum Gasteiger partial charge on any atom is 0.237 e. The second kappa shape index (κ2) is 7.09. The molecule has 3 N–H and O–H groups in total. The monoisotopic (exact) mass is 232 g/mol. The van der Waals surface area contributed by atoms with Crippen LogP contribution in [0.3, 0.4) is 0 Å². The Labute approximate surface area is 95.3 Å². The van der Waals surface area contributed by atoms with E-state index in [0.29, 0.717) is 18.9 Å². The van der Waals surface area contributed by atoms with E-state index in [4.69, 9.17) is 10.5 Å². The molecule has 0 saturated carbocycles. The van der Waals surface area contributed by atoms with Gasteiger partial charge in [0.15, 0.2) is 0 Å². The Kier molecular flexibility index (Phi) is 6.05. The molecule has 0 spiro atoms. The van der Waals surface area contributed by atoms with Gasteiger partial charge in [0.1, 0.15) is 0 Å². The number of carbonyl (C=O) groups is 1. The average molecular weight is 232 g/mol. The molecule has 2 atom stereocenters. The predicted octanol–water partition coefficient (Wildman–Crippen LogP) is 0.220. The molecule has 1 fully saturated rings. The van der Waals surface area contributed by atoms with Crippen molar-refractivity contribution in [1.29, 1.82) is 0 Å². The standard InChI is InChI=1S/C10H20N2O2S/c1-14-4-2-9(11)10(13)12-6-8-3-5-15-7-8/h8-9H,2-7,11H2,1H3,(H,12,13). The number of nitrogens with one attached hydrogen (secondary N) is 1. The van der Waals surface area contributed by atoms with Gasteiger partial charge >= 0.3 is 0 Å². The summed E-state index contributed by atoms with van der Waals surface area (Å²) in [4.78, 5) is 11.5. The van der Waals surface area contributed by atoms with Gasteiger partial charge in [-0.25, -0.2) is 0 Å². The van der Waals surface area contributed by atoms with Crippen LogP contribution in [0.5, 0.6) is 0 Å². The molecule has 0 bridgehead atoms. The molecular formula is C10H20N2O2S. The van der Waals surface area contributed by atoms with Crippen LogP contribution in [0, 0.1) is 5.92 Å². The van der Waals surface area contributed by atoms with Crippen molar-refractivity contribution in [2.24, 2.45) is 11.7 Å². The van der Waals surface area contributed by atoms with E-state index < -0.39 is 6.04 Å². The first kappa shape index (κ1) is 12.8. The van der Waals surface area contributed by atoms with E-state index >= 15 is 0 Å². The van der Waals surface area contributed by atoms with Gasteiger partial charge in [-0.3, -0.25) is 4.79 Å². The zero-order chi connectivity index (χ0) is 11.1. The summed E-state index contributed by atoms with van der Waals surface area (Å²) in [5, 5.41) is 2.90. The lowest BCUT2D eigenvalue weighted by molar-refractivity contribution is -0.122. The predicted molar refractivity (Wildman–Crippen MR) is 62.9 cm³/mol. The van der Waals surface area contributed by atoms with Crippen molar-refractivity contribution < 1.29 is 9.53 Å². The van der Waals surface area contributed by atoms with Crippen LogP contribution >= 0.6 is 11.8 Å². The fraction of sp³-hybridized carbons (Fsp3) is 0.900. The van der Waals surface area contributed by atoms with Crippen LogP contribution in [0.4, 0.5) is 0 Å². The van der Waals surface area contributed by atoms with E-state index in [1.54, 1.807) is 7.11 Å². The molecule has 2 unspecified atom stereocenters. The summed E-state index contributed by atoms with van der Waals surface area (Å²) in [7, 11) is 1.61. The highest BCUT2D eigenvalue weighted by molar-refractivity contribution is 7.99. The number of ether oxygens (including phenoxy) is 1. The fourth-order valence-electron chi connectivity index (χ4n) is 1.50. The second-order valence-corrected chi connectivity index (χ2v) is 5.01. The summed E-state index contributed by atoms with van der Waals surface area (Å²) in [6.07, 6.45) is 1.79. The van der Waals surface area contributed by atoms with Crippen LogP contribution in [-0.4, -0.2) is 43.7 Å². The van der Waals surface area contributed by atoms with Gasteiger partial charge in [-0.05, 0) is 30.3 Å². The molecule has 0 radical (unpaired) electrons. The molecule has 1 amide bonds. The number of hydrogen-bond donors (Lipinski definition) is 2. The van der Waals surface area contributed by atoms with Gasteiger partial charge in [-0.1, -0.05) is 0 Å². The van der Waals surface area contributed by atoms with Crippen molar-refractivity contribution >= 4 is 17.7 Å². The molecule has 1 aliphatic heterocycles. The van der Waals surface area contributed by atoms with E-state index in [2.05, 4.69) is 5.32 Å². The molecule has 1 rings (SSSR count). The third-order valence-electron chi connectivity index (χ3n) is 2.56. The highest BCUT2D eigenvalue weighted by Gasteiger charge is 2.18. The average Bonchev–Trinajstić information content (AvgIpc) is 2.75. The van der Waals surface area contributed by atoms with Crippen molar-refractivity contribution in [3.05, 3.63) is 0 Å². The topological polar surface area (TPSA) is 64.3 Å². The normalized spacial score (nSPS) is 22.7. The van der Waals surface area contributed by atoms with E-state index in [1.165, 1.54) is 12.2 Å². The van der Waals surface area contributed by atoms with E-state index in [0.717, 1.165) is 12.3 Å². The molecule has 1 aliphatic rings. The minimum Gasteiger partial charge on any atom is -0.385 e. The first-order valence-corrected chi connectivity index (χ1v) is 6.49. The minimum atomic E-state index is -0.431. The Bertz CT molecular complexity index is 196. The zero-order valence-electron chi connectivity index (χ0n) is 9.20. The van der Waals surface area contributed by atoms with Crippen molar-refractivity contribution in [1.82, 2.24) is 5.32 Å². The summed E-state index contributed by atoms with van der Waals surface area (Å²) in [5.41, 5.74) is 5.69. The zero-order valence-corrected chi connectivity index (χ0v) is 10.0. The van der Waals surface area contributed by atoms with Crippen LogP contribution in [0.15, 0.2) is 0 Å². The number of carbonyl (C=O) groups excluding carboxylic acids is 1. The van der Waals surface area contributed by atoms with Crippen LogP contribution < -0.4 is 11.1 Å². The van der Waals surface area contributed by atoms with Crippen LogP contribution in [0.25, 0.3) is 0 Å². The molecule has 4 nitrogen and oxygen atoms in total. The minimum absolute atomic E-state index is 0.0519. The van der Waals surface area contributed by atoms with Crippen LogP contribution in [0.2, 0.25) is 0 Å². The number of nitrogens with two attached hydrogens (primary N) is 1. The Morgan fingerprint density at radius 3 is 3.13 bits per heavy atom. The molecule has 5 heteroatoms. The molecule has 88 valence electrons. The lowest BCUT2D eigenvalue weighted by Crippen LogP contribution is -2.43. The molecular weight excluding hydrogens is 212 g/mol. The Morgan fingerprint density at radius 1 is 1.73 bits per heavy atom. The van der Waals surface area contributed by atoms with Gasteiger partial charge in [0.2, 0.25) is 5.91 Å². The summed E-state index contributed by atoms with van der Waals surface area (Å²) in [5.74, 6) is 2.96. The molecule has 1 heterocycles. The number of thioether (sulfide) groups is 1. The number of amides is 1. The van der Waals surface area contributed by atoms with Crippen molar-refractivity contribution in [3.63, 3.8) is 0 Å². The van der Waals surface area contributed by atoms with Gasteiger partial charge in [-0.2, -0.15) is 11.8 Å². The third-order valence-corrected chi connectivity index (χ3v) is 3.79. The molecule has 0 aromatic rings. The first-order valence-electron chi connectivity index (χ1n) is 5.34. The third kappa shape index (κ3) is 4.86.